The normalized spacial score (nSPS) is 16.0. The second-order valence-corrected chi connectivity index (χ2v) is 5.31. The van der Waals surface area contributed by atoms with E-state index in [1.54, 1.807) is 12.0 Å². The van der Waals surface area contributed by atoms with Crippen LogP contribution in [0.25, 0.3) is 0 Å². The Kier molecular flexibility index (Phi) is 4.77. The summed E-state index contributed by atoms with van der Waals surface area (Å²) in [5.74, 6) is 1.25. The van der Waals surface area contributed by atoms with Crippen molar-refractivity contribution in [3.8, 4) is 5.75 Å². The zero-order valence-corrected chi connectivity index (χ0v) is 12.1. The second-order valence-electron chi connectivity index (χ2n) is 5.31. The van der Waals surface area contributed by atoms with Crippen LogP contribution in [-0.4, -0.2) is 36.8 Å². The van der Waals surface area contributed by atoms with Crippen LogP contribution in [0.5, 0.6) is 5.75 Å². The number of hydrogen-bond acceptors (Lipinski definition) is 3. The van der Waals surface area contributed by atoms with E-state index in [0.29, 0.717) is 5.92 Å². The van der Waals surface area contributed by atoms with Crippen molar-refractivity contribution in [1.82, 2.24) is 4.90 Å². The summed E-state index contributed by atoms with van der Waals surface area (Å²) in [4.78, 5) is 24.6. The number of amides is 1. The van der Waals surface area contributed by atoms with E-state index in [2.05, 4.69) is 12.1 Å². The molecule has 0 bridgehead atoms. The Bertz CT molecular complexity index is 473. The molecule has 0 N–H and O–H groups in total. The molecule has 0 radical (unpaired) electrons. The van der Waals surface area contributed by atoms with E-state index in [0.717, 1.165) is 31.7 Å². The fourth-order valence-electron chi connectivity index (χ4n) is 2.66. The number of piperidine rings is 1. The van der Waals surface area contributed by atoms with Gasteiger partial charge in [0.1, 0.15) is 11.5 Å². The standard InChI is InChI=1S/C16H21NO3/c1-12(18)11-16(19)17-9-7-14(8-10-17)13-3-5-15(20-2)6-4-13/h3-6,14H,7-11H2,1-2H3. The van der Waals surface area contributed by atoms with Crippen molar-refractivity contribution in [3.05, 3.63) is 29.8 Å². The van der Waals surface area contributed by atoms with Gasteiger partial charge in [0, 0.05) is 13.1 Å². The maximum absolute atomic E-state index is 11.8. The van der Waals surface area contributed by atoms with Crippen molar-refractivity contribution >= 4 is 11.7 Å². The highest BCUT2D eigenvalue weighted by molar-refractivity contribution is 5.96. The molecule has 0 aliphatic carbocycles. The van der Waals surface area contributed by atoms with E-state index in [-0.39, 0.29) is 18.1 Å². The number of ketones is 1. The largest absolute Gasteiger partial charge is 0.497 e. The average Bonchev–Trinajstić information content (AvgIpc) is 2.47. The molecule has 108 valence electrons. The second kappa shape index (κ2) is 6.55. The molecule has 2 rings (SSSR count). The molecular weight excluding hydrogens is 254 g/mol. The van der Waals surface area contributed by atoms with Gasteiger partial charge in [-0.2, -0.15) is 0 Å². The molecule has 0 spiro atoms. The molecule has 0 atom stereocenters. The minimum absolute atomic E-state index is 0.0349. The molecule has 1 aromatic carbocycles. The monoisotopic (exact) mass is 275 g/mol. The molecule has 1 heterocycles. The van der Waals surface area contributed by atoms with Gasteiger partial charge in [-0.15, -0.1) is 0 Å². The van der Waals surface area contributed by atoms with E-state index < -0.39 is 0 Å². The van der Waals surface area contributed by atoms with Gasteiger partial charge in [-0.1, -0.05) is 12.1 Å². The Labute approximate surface area is 119 Å². The molecule has 0 unspecified atom stereocenters. The van der Waals surface area contributed by atoms with Crippen LogP contribution in [0, 0.1) is 0 Å². The maximum atomic E-state index is 11.8. The van der Waals surface area contributed by atoms with Gasteiger partial charge in [-0.25, -0.2) is 0 Å². The van der Waals surface area contributed by atoms with Crippen LogP contribution < -0.4 is 4.74 Å². The van der Waals surface area contributed by atoms with Gasteiger partial charge in [0.25, 0.3) is 0 Å². The summed E-state index contributed by atoms with van der Waals surface area (Å²) >= 11 is 0. The molecule has 1 aliphatic rings. The lowest BCUT2D eigenvalue weighted by Crippen LogP contribution is -2.38. The van der Waals surface area contributed by atoms with E-state index in [4.69, 9.17) is 4.74 Å². The van der Waals surface area contributed by atoms with Gasteiger partial charge in [-0.3, -0.25) is 9.59 Å². The predicted octanol–water partition coefficient (Wildman–Crippen LogP) is 2.38. The molecular formula is C16H21NO3. The molecule has 1 aromatic rings. The van der Waals surface area contributed by atoms with Gasteiger partial charge in [0.15, 0.2) is 0 Å². The number of carbonyl (C=O) groups excluding carboxylic acids is 2. The highest BCUT2D eigenvalue weighted by Crippen LogP contribution is 2.29. The molecule has 1 fully saturated rings. The number of benzene rings is 1. The predicted molar refractivity (Wildman–Crippen MR) is 76.8 cm³/mol. The number of Topliss-reactive ketones (excluding diaryl/α,β-unsaturated/α-hetero) is 1. The first kappa shape index (κ1) is 14.6. The molecule has 0 saturated carbocycles. The van der Waals surface area contributed by atoms with E-state index in [9.17, 15) is 9.59 Å². The van der Waals surface area contributed by atoms with Crippen LogP contribution in [0.3, 0.4) is 0 Å². The maximum Gasteiger partial charge on any atom is 0.230 e. The average molecular weight is 275 g/mol. The lowest BCUT2D eigenvalue weighted by molar-refractivity contribution is -0.135. The van der Waals surface area contributed by atoms with Gasteiger partial charge < -0.3 is 9.64 Å². The summed E-state index contributed by atoms with van der Waals surface area (Å²) in [6.07, 6.45) is 1.94. The van der Waals surface area contributed by atoms with E-state index >= 15 is 0 Å². The topological polar surface area (TPSA) is 46.6 Å². The first-order valence-corrected chi connectivity index (χ1v) is 7.01. The van der Waals surface area contributed by atoms with E-state index in [1.807, 2.05) is 12.1 Å². The lowest BCUT2D eigenvalue weighted by atomic mass is 9.89. The first-order valence-electron chi connectivity index (χ1n) is 7.01. The summed E-state index contributed by atoms with van der Waals surface area (Å²) < 4.78 is 5.16. The number of nitrogens with zero attached hydrogens (tertiary/aromatic N) is 1. The van der Waals surface area contributed by atoms with Gasteiger partial charge in [0.2, 0.25) is 5.91 Å². The zero-order chi connectivity index (χ0) is 14.5. The van der Waals surface area contributed by atoms with Crippen LogP contribution in [0.4, 0.5) is 0 Å². The summed E-state index contributed by atoms with van der Waals surface area (Å²) in [5, 5.41) is 0. The quantitative estimate of drug-likeness (QED) is 0.793. The van der Waals surface area contributed by atoms with Crippen LogP contribution in [0.15, 0.2) is 24.3 Å². The summed E-state index contributed by atoms with van der Waals surface area (Å²) in [6.45, 7) is 2.94. The van der Waals surface area contributed by atoms with Crippen molar-refractivity contribution in [2.75, 3.05) is 20.2 Å². The van der Waals surface area contributed by atoms with Gasteiger partial charge in [-0.05, 0) is 43.4 Å². The number of rotatable bonds is 4. The van der Waals surface area contributed by atoms with Crippen molar-refractivity contribution < 1.29 is 14.3 Å². The van der Waals surface area contributed by atoms with Gasteiger partial charge in [0.05, 0.1) is 13.5 Å². The third-order valence-electron chi connectivity index (χ3n) is 3.84. The highest BCUT2D eigenvalue weighted by atomic mass is 16.5. The summed E-state index contributed by atoms with van der Waals surface area (Å²) in [7, 11) is 1.66. The zero-order valence-electron chi connectivity index (χ0n) is 12.1. The minimum atomic E-state index is -0.0627. The van der Waals surface area contributed by atoms with Crippen LogP contribution >= 0.6 is 0 Å². The van der Waals surface area contributed by atoms with Crippen molar-refractivity contribution in [3.63, 3.8) is 0 Å². The first-order chi connectivity index (χ1) is 9.60. The van der Waals surface area contributed by atoms with Crippen LogP contribution in [0.1, 0.15) is 37.7 Å². The molecule has 0 aromatic heterocycles. The van der Waals surface area contributed by atoms with Crippen molar-refractivity contribution in [1.29, 1.82) is 0 Å². The molecule has 4 heteroatoms. The number of hydrogen-bond donors (Lipinski definition) is 0. The molecule has 4 nitrogen and oxygen atoms in total. The third kappa shape index (κ3) is 3.59. The highest BCUT2D eigenvalue weighted by Gasteiger charge is 2.24. The fourth-order valence-corrected chi connectivity index (χ4v) is 2.66. The van der Waals surface area contributed by atoms with Crippen LogP contribution in [0.2, 0.25) is 0 Å². The Balaban J connectivity index is 1.90. The van der Waals surface area contributed by atoms with Crippen LogP contribution in [-0.2, 0) is 9.59 Å². The Hall–Kier alpha value is -1.84. The van der Waals surface area contributed by atoms with Crippen molar-refractivity contribution in [2.24, 2.45) is 0 Å². The number of methoxy groups -OCH3 is 1. The Morgan fingerprint density at radius 2 is 1.80 bits per heavy atom. The Morgan fingerprint density at radius 3 is 2.30 bits per heavy atom. The third-order valence-corrected chi connectivity index (χ3v) is 3.84. The molecule has 1 amide bonds. The molecule has 1 aliphatic heterocycles. The number of ether oxygens (including phenoxy) is 1. The summed E-state index contributed by atoms with van der Waals surface area (Å²) in [5.41, 5.74) is 1.30. The van der Waals surface area contributed by atoms with Gasteiger partial charge >= 0.3 is 0 Å². The van der Waals surface area contributed by atoms with Crippen molar-refractivity contribution in [2.45, 2.75) is 32.1 Å². The number of likely N-dealkylation sites (tertiary alicyclic amines) is 1. The number of carbonyl (C=O) groups is 2. The Morgan fingerprint density at radius 1 is 1.20 bits per heavy atom. The lowest BCUT2D eigenvalue weighted by Gasteiger charge is -2.32. The fraction of sp³-hybridized carbons (Fsp3) is 0.500. The minimum Gasteiger partial charge on any atom is -0.497 e. The smallest absolute Gasteiger partial charge is 0.230 e. The SMILES string of the molecule is COc1ccc(C2CCN(C(=O)CC(C)=O)CC2)cc1. The molecule has 20 heavy (non-hydrogen) atoms. The van der Waals surface area contributed by atoms with E-state index in [1.165, 1.54) is 12.5 Å². The summed E-state index contributed by atoms with van der Waals surface area (Å²) in [6, 6.07) is 8.14. The molecule has 1 saturated heterocycles.